The van der Waals surface area contributed by atoms with Crippen molar-refractivity contribution in [2.24, 2.45) is 0 Å². The third-order valence-electron chi connectivity index (χ3n) is 3.22. The van der Waals surface area contributed by atoms with E-state index in [0.29, 0.717) is 6.42 Å². The number of unbranched alkanes of at least 4 members (excludes halogenated alkanes) is 11. The predicted molar refractivity (Wildman–Crippen MR) is 77.1 cm³/mol. The van der Waals surface area contributed by atoms with Crippen LogP contribution < -0.4 is 0 Å². The summed E-state index contributed by atoms with van der Waals surface area (Å²) in [6.07, 6.45) is 14.4. The van der Waals surface area contributed by atoms with E-state index in [4.69, 9.17) is 0 Å². The zero-order valence-corrected chi connectivity index (χ0v) is 13.0. The van der Waals surface area contributed by atoms with Gasteiger partial charge in [-0.15, -0.1) is 0 Å². The zero-order valence-electron chi connectivity index (χ0n) is 12.2. The van der Waals surface area contributed by atoms with Gasteiger partial charge in [-0.2, -0.15) is 8.42 Å². The SMILES string of the molecule is CCCCCCCCCCCCCCOS(=O)(=O)F. The van der Waals surface area contributed by atoms with Crippen LogP contribution in [0.15, 0.2) is 0 Å². The van der Waals surface area contributed by atoms with Crippen molar-refractivity contribution in [3.63, 3.8) is 0 Å². The molecule has 0 spiro atoms. The molecule has 3 nitrogen and oxygen atoms in total. The van der Waals surface area contributed by atoms with Gasteiger partial charge in [0.05, 0.1) is 6.61 Å². The maximum atomic E-state index is 12.0. The van der Waals surface area contributed by atoms with Crippen LogP contribution in [-0.4, -0.2) is 15.0 Å². The molecular weight excluding hydrogens is 267 g/mol. The zero-order chi connectivity index (χ0) is 14.4. The van der Waals surface area contributed by atoms with Crippen molar-refractivity contribution >= 4 is 10.5 Å². The van der Waals surface area contributed by atoms with Crippen LogP contribution in [0.1, 0.15) is 84.0 Å². The molecule has 19 heavy (non-hydrogen) atoms. The molecule has 0 aromatic heterocycles. The monoisotopic (exact) mass is 296 g/mol. The highest BCUT2D eigenvalue weighted by Crippen LogP contribution is 2.12. The van der Waals surface area contributed by atoms with Crippen LogP contribution in [0.25, 0.3) is 0 Å². The molecule has 0 atom stereocenters. The Hall–Kier alpha value is -0.160. The Morgan fingerprint density at radius 3 is 1.47 bits per heavy atom. The average Bonchev–Trinajstić information content (AvgIpc) is 2.34. The van der Waals surface area contributed by atoms with Gasteiger partial charge in [-0.3, -0.25) is 0 Å². The second-order valence-electron chi connectivity index (χ2n) is 5.10. The van der Waals surface area contributed by atoms with Crippen LogP contribution in [0.2, 0.25) is 0 Å². The van der Waals surface area contributed by atoms with Crippen LogP contribution in [0.5, 0.6) is 0 Å². The van der Waals surface area contributed by atoms with Crippen molar-refractivity contribution in [2.75, 3.05) is 6.61 Å². The summed E-state index contributed by atoms with van der Waals surface area (Å²) in [5.74, 6) is 0. The van der Waals surface area contributed by atoms with Crippen LogP contribution in [0.4, 0.5) is 3.89 Å². The van der Waals surface area contributed by atoms with Crippen molar-refractivity contribution in [1.29, 1.82) is 0 Å². The minimum atomic E-state index is -4.74. The Morgan fingerprint density at radius 1 is 0.737 bits per heavy atom. The van der Waals surface area contributed by atoms with Crippen LogP contribution in [0, 0.1) is 0 Å². The fourth-order valence-electron chi connectivity index (χ4n) is 2.10. The minimum Gasteiger partial charge on any atom is -0.245 e. The van der Waals surface area contributed by atoms with E-state index in [9.17, 15) is 12.3 Å². The normalized spacial score (nSPS) is 11.9. The molecule has 0 radical (unpaired) electrons. The lowest BCUT2D eigenvalue weighted by atomic mass is 10.1. The van der Waals surface area contributed by atoms with E-state index < -0.39 is 10.5 Å². The standard InChI is InChI=1S/C14H29FO3S/c1-2-3-4-5-6-7-8-9-10-11-12-13-14-18-19(15,16)17/h2-14H2,1H3. The van der Waals surface area contributed by atoms with Crippen molar-refractivity contribution in [1.82, 2.24) is 0 Å². The summed E-state index contributed by atoms with van der Waals surface area (Å²) in [5.41, 5.74) is 0. The summed E-state index contributed by atoms with van der Waals surface area (Å²) in [7, 11) is -4.74. The molecule has 116 valence electrons. The lowest BCUT2D eigenvalue weighted by Crippen LogP contribution is -2.00. The predicted octanol–water partition coefficient (Wildman–Crippen LogP) is 4.92. The van der Waals surface area contributed by atoms with E-state index >= 15 is 0 Å². The van der Waals surface area contributed by atoms with E-state index in [-0.39, 0.29) is 6.61 Å². The van der Waals surface area contributed by atoms with Gasteiger partial charge in [0.25, 0.3) is 0 Å². The first-order valence-electron chi connectivity index (χ1n) is 7.65. The molecular formula is C14H29FO3S. The topological polar surface area (TPSA) is 43.4 Å². The summed E-state index contributed by atoms with van der Waals surface area (Å²) in [4.78, 5) is 0. The fraction of sp³-hybridized carbons (Fsp3) is 1.00. The van der Waals surface area contributed by atoms with Crippen molar-refractivity contribution < 1.29 is 16.5 Å². The molecule has 0 aromatic rings. The molecule has 0 unspecified atom stereocenters. The van der Waals surface area contributed by atoms with Gasteiger partial charge in [-0.25, -0.2) is 4.18 Å². The van der Waals surface area contributed by atoms with E-state index in [1.807, 2.05) is 0 Å². The first-order chi connectivity index (χ1) is 9.06. The first-order valence-corrected chi connectivity index (χ1v) is 8.96. The highest BCUT2D eigenvalue weighted by atomic mass is 32.3. The lowest BCUT2D eigenvalue weighted by molar-refractivity contribution is 0.284. The Kier molecular flexibility index (Phi) is 12.7. The summed E-state index contributed by atoms with van der Waals surface area (Å²) >= 11 is 0. The Bertz CT molecular complexity index is 278. The lowest BCUT2D eigenvalue weighted by Gasteiger charge is -2.02. The van der Waals surface area contributed by atoms with Crippen LogP contribution in [0.3, 0.4) is 0 Å². The van der Waals surface area contributed by atoms with Gasteiger partial charge in [0, 0.05) is 0 Å². The first kappa shape index (κ1) is 18.8. The van der Waals surface area contributed by atoms with Crippen LogP contribution >= 0.6 is 0 Å². The average molecular weight is 296 g/mol. The molecule has 0 bridgehead atoms. The van der Waals surface area contributed by atoms with Gasteiger partial charge < -0.3 is 0 Å². The van der Waals surface area contributed by atoms with Gasteiger partial charge in [-0.1, -0.05) is 81.4 Å². The largest absolute Gasteiger partial charge is 0.437 e. The molecule has 0 aromatic carbocycles. The van der Waals surface area contributed by atoms with E-state index in [1.165, 1.54) is 57.8 Å². The second-order valence-corrected chi connectivity index (χ2v) is 6.13. The number of hydrogen-bond acceptors (Lipinski definition) is 3. The van der Waals surface area contributed by atoms with E-state index in [1.54, 1.807) is 0 Å². The Balaban J connectivity index is 3.03. The van der Waals surface area contributed by atoms with E-state index in [0.717, 1.165) is 12.8 Å². The van der Waals surface area contributed by atoms with Gasteiger partial charge in [0.1, 0.15) is 0 Å². The second kappa shape index (κ2) is 12.9. The van der Waals surface area contributed by atoms with Gasteiger partial charge in [0.15, 0.2) is 0 Å². The maximum Gasteiger partial charge on any atom is 0.437 e. The molecule has 0 amide bonds. The van der Waals surface area contributed by atoms with Crippen LogP contribution in [-0.2, 0) is 14.7 Å². The molecule has 0 rings (SSSR count). The number of rotatable bonds is 14. The molecule has 0 N–H and O–H groups in total. The summed E-state index contributed by atoms with van der Waals surface area (Å²) < 4.78 is 36.1. The molecule has 0 heterocycles. The Morgan fingerprint density at radius 2 is 1.11 bits per heavy atom. The molecule has 0 saturated heterocycles. The third-order valence-corrected chi connectivity index (χ3v) is 3.67. The summed E-state index contributed by atoms with van der Waals surface area (Å²) in [5, 5.41) is 0. The number of hydrogen-bond donors (Lipinski definition) is 0. The smallest absolute Gasteiger partial charge is 0.245 e. The number of halogens is 1. The molecule has 0 aliphatic carbocycles. The highest BCUT2D eigenvalue weighted by molar-refractivity contribution is 7.81. The molecule has 0 aliphatic heterocycles. The Labute approximate surface area is 118 Å². The quantitative estimate of drug-likeness (QED) is 0.337. The van der Waals surface area contributed by atoms with Gasteiger partial charge >= 0.3 is 10.5 Å². The van der Waals surface area contributed by atoms with Crippen molar-refractivity contribution in [3.8, 4) is 0 Å². The maximum absolute atomic E-state index is 12.0. The summed E-state index contributed by atoms with van der Waals surface area (Å²) in [6.45, 7) is 2.20. The minimum absolute atomic E-state index is 0.0315. The third kappa shape index (κ3) is 17.8. The molecule has 0 saturated carbocycles. The van der Waals surface area contributed by atoms with E-state index in [2.05, 4.69) is 11.1 Å². The molecule has 0 aliphatic rings. The highest BCUT2D eigenvalue weighted by Gasteiger charge is 2.05. The van der Waals surface area contributed by atoms with Gasteiger partial charge in [0.2, 0.25) is 0 Å². The molecule has 5 heteroatoms. The van der Waals surface area contributed by atoms with Crippen molar-refractivity contribution in [2.45, 2.75) is 84.0 Å². The molecule has 0 fully saturated rings. The van der Waals surface area contributed by atoms with Crippen molar-refractivity contribution in [3.05, 3.63) is 0 Å². The van der Waals surface area contributed by atoms with Gasteiger partial charge in [-0.05, 0) is 6.42 Å². The summed E-state index contributed by atoms with van der Waals surface area (Å²) in [6, 6.07) is 0. The fourth-order valence-corrected chi connectivity index (χ4v) is 2.42.